The molecule has 2 amide bonds. The van der Waals surface area contributed by atoms with Gasteiger partial charge >= 0.3 is 11.9 Å². The third-order valence-corrected chi connectivity index (χ3v) is 25.0. The first-order valence-electron chi connectivity index (χ1n) is 46.3. The van der Waals surface area contributed by atoms with E-state index in [0.29, 0.717) is 223 Å². The van der Waals surface area contributed by atoms with Gasteiger partial charge in [0.15, 0.2) is 22.9 Å². The predicted octanol–water partition coefficient (Wildman–Crippen LogP) is 11.3. The monoisotopic (exact) mass is 1810 g/mol. The number of piperidine rings is 1. The number of nitrogens with zero attached hydrogens (tertiary/aromatic N) is 7. The number of aryl methyl sites for hydroxylation is 1. The Morgan fingerprint density at radius 1 is 0.698 bits per heavy atom. The van der Waals surface area contributed by atoms with E-state index in [1.54, 1.807) is 48.2 Å². The minimum atomic E-state index is -2.45. The molecule has 32 nitrogen and oxygen atoms in total. The van der Waals surface area contributed by atoms with Crippen molar-refractivity contribution in [1.29, 1.82) is 0 Å². The number of hydrogen-bond acceptors (Lipinski definition) is 29. The van der Waals surface area contributed by atoms with E-state index >= 15 is 0 Å². The number of anilines is 1. The molecule has 5 N–H and O–H groups in total. The lowest BCUT2D eigenvalue weighted by molar-refractivity contribution is -0.265. The number of ether oxygens (including phenoxy) is 14. The van der Waals surface area contributed by atoms with Gasteiger partial charge in [0.25, 0.3) is 11.7 Å². The van der Waals surface area contributed by atoms with Crippen molar-refractivity contribution in [1.82, 2.24) is 34.5 Å². The van der Waals surface area contributed by atoms with E-state index in [0.717, 1.165) is 52.8 Å². The number of Topliss-reactive ketones (excluding diaryl/α,β-unsaturated/α-hetero) is 2. The summed E-state index contributed by atoms with van der Waals surface area (Å²) in [6.07, 6.45) is 14.5. The molecule has 16 atom stereocenters. The van der Waals surface area contributed by atoms with Gasteiger partial charge in [-0.3, -0.25) is 24.0 Å². The van der Waals surface area contributed by atoms with Crippen molar-refractivity contribution in [3.63, 3.8) is 0 Å². The maximum atomic E-state index is 14.7. The maximum absolute atomic E-state index is 14.7. The molecule has 0 unspecified atom stereocenters. The number of rotatable bonds is 37. The van der Waals surface area contributed by atoms with Gasteiger partial charge in [-0.15, -0.1) is 0 Å². The molecule has 0 radical (unpaired) electrons. The van der Waals surface area contributed by atoms with E-state index in [9.17, 15) is 44.1 Å². The average Bonchev–Trinajstić information content (AvgIpc) is 1.44. The lowest BCUT2D eigenvalue weighted by Crippen LogP contribution is -2.61. The van der Waals surface area contributed by atoms with Gasteiger partial charge in [-0.05, 0) is 161 Å². The largest absolute Gasteiger partial charge is 0.460 e. The molecule has 716 valence electrons. The van der Waals surface area contributed by atoms with E-state index in [2.05, 4.69) is 40.1 Å². The Kier molecular flexibility index (Phi) is 43.9. The highest BCUT2D eigenvalue weighted by atomic mass is 16.6. The number of nitrogens with two attached hydrogens (primary N) is 1. The molecule has 2 saturated heterocycles. The first kappa shape index (κ1) is 105. The summed E-state index contributed by atoms with van der Waals surface area (Å²) in [6, 6.07) is 11.0. The van der Waals surface area contributed by atoms with Crippen LogP contribution in [-0.2, 0) is 115 Å². The van der Waals surface area contributed by atoms with Crippen molar-refractivity contribution in [3.05, 3.63) is 113 Å². The summed E-state index contributed by atoms with van der Waals surface area (Å²) in [6.45, 7) is 26.0. The average molecular weight is 1810 g/mol. The number of benzene rings is 2. The fourth-order valence-electron chi connectivity index (χ4n) is 17.5. The zero-order valence-electron chi connectivity index (χ0n) is 78.2. The highest BCUT2D eigenvalue weighted by molar-refractivity contribution is 6.39. The Labute approximate surface area is 760 Å². The quantitative estimate of drug-likeness (QED) is 0.0124. The van der Waals surface area contributed by atoms with Gasteiger partial charge in [0.1, 0.15) is 53.8 Å². The number of amides is 2. The van der Waals surface area contributed by atoms with E-state index in [4.69, 9.17) is 81.6 Å². The maximum Gasteiger partial charge on any atom is 0.329 e. The van der Waals surface area contributed by atoms with Crippen LogP contribution in [0.3, 0.4) is 0 Å². The number of nitrogen functional groups attached to an aromatic ring is 1. The number of carbonyl (C=O) groups is 6. The standard InChI is InChI=1S/C62H101NO18.C35H43N7O6/c1-40-18-13-12-14-19-41(2)52(73-9)38-48-24-22-46(7)62(71,81-48)59(68)60(69)63-26-16-15-20-49(63)61(70)80-53(39-50(64)42(3)35-45(6)57(67)58(75-11)56(66)44(5)34-40)43(4)36-47-23-25-51(54(37-47)74-10)79-55(65)21-17-27-76-30-31-78-33-32-77-29-28-72-8;1-3-11-44-13-15-46-17-18-47-16-14-45-12-9-31(43)41-10-8-26-19-25(4-5-28(26)22-41)21-42-35-32(34(36)37-23-38-35)33(40-42)27-6-7-30-29(20-27)39-24(2)48-30/h12-14,18-19,35,40,42-44,46-54,57-58,64,67,71H,15-17,20-34,36-39H2,1-11H3;4-7,19-20,23H,3,8-18,21-22H2,1-2H3,(H2,36,37,38)/b14-12+,18-13+,41-19+,45-35+;/t40-,42-,43-,44-,46-,47+,48+,49+,50-,51-,52+,53+,54-,57-,58+,62-;/m1./s1. The van der Waals surface area contributed by atoms with Crippen molar-refractivity contribution in [2.75, 3.05) is 146 Å². The predicted molar refractivity (Wildman–Crippen MR) is 484 cm³/mol. The highest BCUT2D eigenvalue weighted by Gasteiger charge is 2.53. The molecule has 5 aliphatic rings. The van der Waals surface area contributed by atoms with Crippen LogP contribution in [0, 0.1) is 42.4 Å². The number of cyclic esters (lactones) is 1. The minimum absolute atomic E-state index is 0.0101. The smallest absolute Gasteiger partial charge is 0.329 e. The first-order valence-corrected chi connectivity index (χ1v) is 46.3. The van der Waals surface area contributed by atoms with Gasteiger partial charge < -0.3 is 102 Å². The summed E-state index contributed by atoms with van der Waals surface area (Å²) in [5.74, 6) is -6.92. The fourth-order valence-corrected chi connectivity index (χ4v) is 17.5. The van der Waals surface area contributed by atoms with Crippen molar-refractivity contribution < 1.29 is 115 Å². The van der Waals surface area contributed by atoms with Crippen molar-refractivity contribution >= 4 is 63.3 Å². The molecule has 10 rings (SSSR count). The van der Waals surface area contributed by atoms with E-state index in [1.807, 2.05) is 92.8 Å². The topological polar surface area (TPSA) is 394 Å². The molecule has 5 aromatic rings. The molecule has 3 aromatic heterocycles. The summed E-state index contributed by atoms with van der Waals surface area (Å²) >= 11 is 0. The molecular weight excluding hydrogens is 1660 g/mol. The Balaban J connectivity index is 0.000000329. The molecule has 129 heavy (non-hydrogen) atoms. The van der Waals surface area contributed by atoms with Gasteiger partial charge in [0.05, 0.1) is 129 Å². The van der Waals surface area contributed by atoms with Crippen LogP contribution in [0.4, 0.5) is 5.82 Å². The second-order valence-electron chi connectivity index (χ2n) is 34.9. The zero-order valence-corrected chi connectivity index (χ0v) is 78.2. The van der Waals surface area contributed by atoms with Gasteiger partial charge in [-0.1, -0.05) is 96.2 Å². The number of allylic oxidation sites excluding steroid dienone is 5. The third-order valence-electron chi connectivity index (χ3n) is 25.0. The summed E-state index contributed by atoms with van der Waals surface area (Å²) < 4.78 is 86.9. The van der Waals surface area contributed by atoms with Crippen molar-refractivity contribution in [3.8, 4) is 11.3 Å². The van der Waals surface area contributed by atoms with E-state index in [1.165, 1.54) is 23.9 Å². The van der Waals surface area contributed by atoms with Crippen LogP contribution in [0.15, 0.2) is 94.7 Å². The number of methoxy groups -OCH3 is 4. The summed E-state index contributed by atoms with van der Waals surface area (Å²) in [5, 5.41) is 41.3. The number of aromatic nitrogens is 5. The normalized spacial score (nSPS) is 27.2. The number of carbonyl (C=O) groups excluding carboxylic acids is 6. The number of aliphatic hydroxyl groups is 3. The lowest BCUT2D eigenvalue weighted by Gasteiger charge is -2.43. The number of oxazole rings is 1. The summed E-state index contributed by atoms with van der Waals surface area (Å²) in [5.41, 5.74) is 14.8. The van der Waals surface area contributed by atoms with Crippen LogP contribution < -0.4 is 5.73 Å². The Bertz CT molecular complexity index is 4450. The third kappa shape index (κ3) is 31.5. The Hall–Kier alpha value is -8.16. The van der Waals surface area contributed by atoms with E-state index < -0.39 is 90.0 Å². The van der Waals surface area contributed by atoms with Crippen molar-refractivity contribution in [2.45, 2.75) is 245 Å². The van der Waals surface area contributed by atoms with Crippen LogP contribution in [0.25, 0.3) is 33.4 Å². The number of esters is 2. The Morgan fingerprint density at radius 2 is 1.40 bits per heavy atom. The molecule has 2 bridgehead atoms. The molecule has 7 heterocycles. The SMILES string of the molecule is CCCOCCOCCOCCOCCC(=O)N1CCc2cc(Cn3nc(-c4ccc5oc(C)nc5c4)c4c(N)ncnc43)ccc2C1.COCCOCCOCCOCCCC(=O)O[C@@H]1CC[C@@H](C[C@@H](C)[C@@H]2C[C@@H](O)[C@H](C)/C=C(\C)[C@@H](O)[C@@H](OC)C(=O)[C@H](C)C[C@H](C)/C=C/C=C/C=C(\C)[C@@H](OC)C[C@@H]3CC[C@@H](C)[C@@](O)(O3)C(=O)C(=O)N3CCCC[C@H]3C(=O)O2)C[C@H]1OC. The molecule has 0 spiro atoms. The van der Waals surface area contributed by atoms with Crippen LogP contribution in [0.1, 0.15) is 181 Å². The first-order chi connectivity index (χ1) is 62.2. The van der Waals surface area contributed by atoms with Gasteiger partial charge in [0.2, 0.25) is 11.7 Å². The minimum Gasteiger partial charge on any atom is -0.460 e. The molecule has 4 aliphatic heterocycles. The van der Waals surface area contributed by atoms with Crippen molar-refractivity contribution in [2.24, 2.45) is 35.5 Å². The fraction of sp³-hybridized carbons (Fsp3) is 0.670. The lowest BCUT2D eigenvalue weighted by atomic mass is 9.78. The van der Waals surface area contributed by atoms with Crippen LogP contribution in [0.5, 0.6) is 0 Å². The molecule has 32 heteroatoms. The van der Waals surface area contributed by atoms with Crippen LogP contribution in [-0.4, -0.2) is 286 Å². The number of hydrogen-bond donors (Lipinski definition) is 4. The molecule has 2 aromatic carbocycles. The van der Waals surface area contributed by atoms with Crippen LogP contribution >= 0.6 is 0 Å². The van der Waals surface area contributed by atoms with Gasteiger partial charge in [0, 0.05) is 111 Å². The second kappa shape index (κ2) is 54.1. The zero-order chi connectivity index (χ0) is 92.9. The number of fused-ring (bicyclic) bond motifs is 6. The van der Waals surface area contributed by atoms with Crippen LogP contribution in [0.2, 0.25) is 0 Å². The molecule has 1 saturated carbocycles. The highest BCUT2D eigenvalue weighted by Crippen LogP contribution is 2.40. The molecular formula is C97H144N8O24. The summed E-state index contributed by atoms with van der Waals surface area (Å²) in [4.78, 5) is 99.6. The van der Waals surface area contributed by atoms with Gasteiger partial charge in [-0.2, -0.15) is 5.10 Å². The summed E-state index contributed by atoms with van der Waals surface area (Å²) in [7, 11) is 6.18. The Morgan fingerprint density at radius 3 is 2.09 bits per heavy atom. The molecule has 3 fully saturated rings. The second-order valence-corrected chi connectivity index (χ2v) is 34.9. The number of aliphatic hydroxyl groups excluding tert-OH is 2. The number of ketones is 2. The van der Waals surface area contributed by atoms with E-state index in [-0.39, 0.29) is 67.3 Å². The molecule has 1 aliphatic carbocycles. The van der Waals surface area contributed by atoms with Gasteiger partial charge in [-0.25, -0.2) is 24.4 Å².